The molecule has 56 valence electrons. The van der Waals surface area contributed by atoms with Crippen molar-refractivity contribution in [3.8, 4) is 0 Å². The Kier molecular flexibility index (Phi) is 0.735. The molecular formula is C8H6O2S. The van der Waals surface area contributed by atoms with Gasteiger partial charge in [0, 0.05) is 10.4 Å². The third-order valence-corrected chi connectivity index (χ3v) is 4.14. The SMILES string of the molecule is OS1(O)C2=c3cccc1c3=C2. The molecule has 3 heteroatoms. The van der Waals surface area contributed by atoms with Gasteiger partial charge in [0.05, 0.1) is 9.80 Å². The Hall–Kier alpha value is -0.770. The maximum atomic E-state index is 9.60. The van der Waals surface area contributed by atoms with Crippen LogP contribution in [-0.4, -0.2) is 9.11 Å². The van der Waals surface area contributed by atoms with E-state index >= 15 is 0 Å². The fourth-order valence-electron chi connectivity index (χ4n) is 1.64. The summed E-state index contributed by atoms with van der Waals surface area (Å²) in [5, 5.41) is 2.06. The van der Waals surface area contributed by atoms with Crippen LogP contribution >= 0.6 is 10.6 Å². The van der Waals surface area contributed by atoms with Crippen LogP contribution in [0.5, 0.6) is 0 Å². The van der Waals surface area contributed by atoms with E-state index in [0.717, 1.165) is 15.3 Å². The summed E-state index contributed by atoms with van der Waals surface area (Å²) in [6.45, 7) is 0. The van der Waals surface area contributed by atoms with Crippen molar-refractivity contribution in [3.63, 3.8) is 0 Å². The quantitative estimate of drug-likeness (QED) is 0.596. The van der Waals surface area contributed by atoms with Gasteiger partial charge in [0.15, 0.2) is 0 Å². The van der Waals surface area contributed by atoms with E-state index in [1.807, 2.05) is 18.2 Å². The summed E-state index contributed by atoms with van der Waals surface area (Å²) in [6, 6.07) is 5.57. The Balaban J connectivity index is 2.61. The van der Waals surface area contributed by atoms with E-state index in [2.05, 4.69) is 0 Å². The molecule has 0 radical (unpaired) electrons. The lowest BCUT2D eigenvalue weighted by Gasteiger charge is -2.26. The number of hydrogen-bond donors (Lipinski definition) is 2. The first kappa shape index (κ1) is 5.83. The fourth-order valence-corrected chi connectivity index (χ4v) is 3.39. The summed E-state index contributed by atoms with van der Waals surface area (Å²) in [5.41, 5.74) is 0. The van der Waals surface area contributed by atoms with Gasteiger partial charge in [-0.2, -0.15) is 0 Å². The molecule has 0 aromatic heterocycles. The van der Waals surface area contributed by atoms with Crippen molar-refractivity contribution < 1.29 is 9.11 Å². The van der Waals surface area contributed by atoms with E-state index in [1.165, 1.54) is 0 Å². The lowest BCUT2D eigenvalue weighted by atomic mass is 10.1. The summed E-state index contributed by atoms with van der Waals surface area (Å²) in [6.07, 6.45) is 1.86. The minimum atomic E-state index is -2.54. The lowest BCUT2D eigenvalue weighted by molar-refractivity contribution is 0.503. The molecule has 0 amide bonds. The normalized spacial score (nSPS) is 24.0. The zero-order valence-electron chi connectivity index (χ0n) is 5.61. The second-order valence-electron chi connectivity index (χ2n) is 2.77. The molecule has 1 aliphatic carbocycles. The maximum Gasteiger partial charge on any atom is 0.0723 e. The molecule has 0 saturated carbocycles. The van der Waals surface area contributed by atoms with Crippen LogP contribution in [0, 0.1) is 0 Å². The first-order valence-corrected chi connectivity index (χ1v) is 4.89. The lowest BCUT2D eigenvalue weighted by Crippen LogP contribution is -2.28. The Labute approximate surface area is 64.8 Å². The van der Waals surface area contributed by atoms with E-state index in [9.17, 15) is 9.11 Å². The molecule has 0 atom stereocenters. The van der Waals surface area contributed by atoms with Crippen molar-refractivity contribution in [3.05, 3.63) is 28.6 Å². The fraction of sp³-hybridized carbons (Fsp3) is 0. The summed E-state index contributed by atoms with van der Waals surface area (Å²) in [4.78, 5) is 1.44. The first-order valence-electron chi connectivity index (χ1n) is 3.34. The minimum Gasteiger partial charge on any atom is -0.290 e. The van der Waals surface area contributed by atoms with Crippen LogP contribution in [0.15, 0.2) is 23.1 Å². The molecule has 3 aliphatic rings. The molecular weight excluding hydrogens is 160 g/mol. The third-order valence-electron chi connectivity index (χ3n) is 2.22. The van der Waals surface area contributed by atoms with Gasteiger partial charge in [0.25, 0.3) is 0 Å². The third kappa shape index (κ3) is 0.437. The Morgan fingerprint density at radius 2 is 2.00 bits per heavy atom. The molecule has 1 aromatic carbocycles. The molecule has 11 heavy (non-hydrogen) atoms. The highest BCUT2D eigenvalue weighted by Gasteiger charge is 2.34. The molecule has 1 aromatic rings. The van der Waals surface area contributed by atoms with E-state index in [0.29, 0.717) is 4.90 Å². The smallest absolute Gasteiger partial charge is 0.0723 e. The van der Waals surface area contributed by atoms with Gasteiger partial charge < -0.3 is 0 Å². The van der Waals surface area contributed by atoms with Crippen LogP contribution in [0.3, 0.4) is 0 Å². The maximum absolute atomic E-state index is 9.60. The monoisotopic (exact) mass is 166 g/mol. The van der Waals surface area contributed by atoms with Crippen molar-refractivity contribution in [1.82, 2.24) is 0 Å². The van der Waals surface area contributed by atoms with Gasteiger partial charge in [0.2, 0.25) is 0 Å². The molecule has 2 aliphatic heterocycles. The molecule has 4 bridgehead atoms. The molecule has 0 spiro atoms. The molecule has 0 fully saturated rings. The van der Waals surface area contributed by atoms with Crippen LogP contribution < -0.4 is 10.4 Å². The van der Waals surface area contributed by atoms with Crippen molar-refractivity contribution >= 4 is 21.6 Å². The standard InChI is InChI=1S/C8H6O2S/c9-11(10)7-3-1-2-5-6(7)4-8(5)11/h1-4,9-10H. The summed E-state index contributed by atoms with van der Waals surface area (Å²) < 4.78 is 19.2. The highest BCUT2D eigenvalue weighted by atomic mass is 32.3. The second kappa shape index (κ2) is 1.39. The predicted molar refractivity (Wildman–Crippen MR) is 44.7 cm³/mol. The van der Waals surface area contributed by atoms with Crippen molar-refractivity contribution in [2.24, 2.45) is 0 Å². The molecule has 2 N–H and O–H groups in total. The van der Waals surface area contributed by atoms with Crippen LogP contribution in [0.1, 0.15) is 0 Å². The number of hydrogen-bond acceptors (Lipinski definition) is 2. The van der Waals surface area contributed by atoms with Crippen LogP contribution in [-0.2, 0) is 0 Å². The zero-order valence-corrected chi connectivity index (χ0v) is 6.43. The first-order chi connectivity index (χ1) is 5.21. The average Bonchev–Trinajstić information content (AvgIpc) is 2.20. The number of benzene rings is 1. The molecule has 0 unspecified atom stereocenters. The van der Waals surface area contributed by atoms with Crippen molar-refractivity contribution in [2.45, 2.75) is 4.90 Å². The predicted octanol–water partition coefficient (Wildman–Crippen LogP) is 0.712. The van der Waals surface area contributed by atoms with Crippen LogP contribution in [0.2, 0.25) is 0 Å². The Morgan fingerprint density at radius 3 is 2.64 bits per heavy atom. The zero-order chi connectivity index (χ0) is 7.64. The number of rotatable bonds is 0. The Bertz CT molecular complexity index is 473. The van der Waals surface area contributed by atoms with Gasteiger partial charge in [-0.15, -0.1) is 10.6 Å². The van der Waals surface area contributed by atoms with Gasteiger partial charge in [0.1, 0.15) is 0 Å². The summed E-state index contributed by atoms with van der Waals surface area (Å²) in [5.74, 6) is 0. The van der Waals surface area contributed by atoms with Gasteiger partial charge in [-0.05, 0) is 12.1 Å². The van der Waals surface area contributed by atoms with E-state index in [-0.39, 0.29) is 0 Å². The topological polar surface area (TPSA) is 40.5 Å². The van der Waals surface area contributed by atoms with E-state index in [4.69, 9.17) is 0 Å². The van der Waals surface area contributed by atoms with Crippen molar-refractivity contribution in [2.75, 3.05) is 0 Å². The largest absolute Gasteiger partial charge is 0.290 e. The summed E-state index contributed by atoms with van der Waals surface area (Å²) in [7, 11) is -2.54. The van der Waals surface area contributed by atoms with Crippen molar-refractivity contribution in [1.29, 1.82) is 0 Å². The minimum absolute atomic E-state index is 0.713. The highest BCUT2D eigenvalue weighted by Crippen LogP contribution is 2.59. The Morgan fingerprint density at radius 1 is 1.18 bits per heavy atom. The highest BCUT2D eigenvalue weighted by molar-refractivity contribution is 8.32. The van der Waals surface area contributed by atoms with Gasteiger partial charge >= 0.3 is 0 Å². The molecule has 0 saturated heterocycles. The molecule has 2 heterocycles. The van der Waals surface area contributed by atoms with Gasteiger partial charge in [-0.3, -0.25) is 9.11 Å². The van der Waals surface area contributed by atoms with E-state index in [1.54, 1.807) is 6.07 Å². The summed E-state index contributed by atoms with van der Waals surface area (Å²) >= 11 is 0. The molecule has 4 rings (SSSR count). The van der Waals surface area contributed by atoms with E-state index < -0.39 is 10.6 Å². The van der Waals surface area contributed by atoms with Gasteiger partial charge in [-0.25, -0.2) is 0 Å². The average molecular weight is 166 g/mol. The van der Waals surface area contributed by atoms with Gasteiger partial charge in [-0.1, -0.05) is 12.1 Å². The second-order valence-corrected chi connectivity index (χ2v) is 4.75. The van der Waals surface area contributed by atoms with Crippen LogP contribution in [0.4, 0.5) is 0 Å². The molecule has 2 nitrogen and oxygen atoms in total. The van der Waals surface area contributed by atoms with Crippen LogP contribution in [0.25, 0.3) is 11.0 Å².